The number of rotatable bonds is 5. The van der Waals surface area contributed by atoms with E-state index in [1.165, 1.54) is 24.4 Å². The van der Waals surface area contributed by atoms with Gasteiger partial charge < -0.3 is 5.11 Å². The SMILES string of the molecule is O=C(O)c1ccc(N/N=C/c2ccccc2[N+](=O)[O-])cc1. The van der Waals surface area contributed by atoms with Crippen molar-refractivity contribution in [1.82, 2.24) is 0 Å². The smallest absolute Gasteiger partial charge is 0.335 e. The molecule has 7 heteroatoms. The number of nitro benzene ring substituents is 1. The molecule has 0 heterocycles. The van der Waals surface area contributed by atoms with Crippen molar-refractivity contribution in [3.05, 3.63) is 69.8 Å². The number of hydrogen-bond donors (Lipinski definition) is 2. The molecule has 2 rings (SSSR count). The van der Waals surface area contributed by atoms with Crippen LogP contribution in [0.5, 0.6) is 0 Å². The molecule has 0 aliphatic carbocycles. The van der Waals surface area contributed by atoms with E-state index >= 15 is 0 Å². The van der Waals surface area contributed by atoms with Gasteiger partial charge in [-0.1, -0.05) is 12.1 Å². The summed E-state index contributed by atoms with van der Waals surface area (Å²) in [5.74, 6) is -1.01. The Kier molecular flexibility index (Phi) is 4.25. The lowest BCUT2D eigenvalue weighted by Crippen LogP contribution is -1.97. The maximum Gasteiger partial charge on any atom is 0.335 e. The molecule has 2 aromatic rings. The van der Waals surface area contributed by atoms with Crippen LogP contribution in [0.25, 0.3) is 0 Å². The molecule has 0 fully saturated rings. The lowest BCUT2D eigenvalue weighted by Gasteiger charge is -2.01. The van der Waals surface area contributed by atoms with Crippen LogP contribution < -0.4 is 5.43 Å². The van der Waals surface area contributed by atoms with Crippen LogP contribution in [0.3, 0.4) is 0 Å². The molecule has 0 aromatic heterocycles. The van der Waals surface area contributed by atoms with Crippen LogP contribution in [0.1, 0.15) is 15.9 Å². The predicted octanol–water partition coefficient (Wildman–Crippen LogP) is 2.74. The molecule has 0 amide bonds. The van der Waals surface area contributed by atoms with Crippen molar-refractivity contribution in [2.45, 2.75) is 0 Å². The average Bonchev–Trinajstić information content (AvgIpc) is 2.48. The van der Waals surface area contributed by atoms with E-state index in [4.69, 9.17) is 5.11 Å². The predicted molar refractivity (Wildman–Crippen MR) is 77.7 cm³/mol. The largest absolute Gasteiger partial charge is 0.478 e. The van der Waals surface area contributed by atoms with E-state index in [0.29, 0.717) is 11.3 Å². The first-order valence-corrected chi connectivity index (χ1v) is 5.94. The van der Waals surface area contributed by atoms with Gasteiger partial charge in [0.05, 0.1) is 28.0 Å². The fraction of sp³-hybridized carbons (Fsp3) is 0. The Labute approximate surface area is 119 Å². The van der Waals surface area contributed by atoms with Gasteiger partial charge in [-0.25, -0.2) is 4.79 Å². The molecule has 0 radical (unpaired) electrons. The van der Waals surface area contributed by atoms with Crippen LogP contribution in [-0.2, 0) is 0 Å². The zero-order chi connectivity index (χ0) is 15.2. The third-order valence-corrected chi connectivity index (χ3v) is 2.66. The highest BCUT2D eigenvalue weighted by Gasteiger charge is 2.09. The molecule has 0 saturated carbocycles. The van der Waals surface area contributed by atoms with E-state index < -0.39 is 10.9 Å². The monoisotopic (exact) mass is 285 g/mol. The van der Waals surface area contributed by atoms with Gasteiger partial charge in [-0.3, -0.25) is 15.5 Å². The molecule has 0 bridgehead atoms. The molecule has 106 valence electrons. The minimum absolute atomic E-state index is 0.0377. The molecule has 7 nitrogen and oxygen atoms in total. The molecule has 0 aliphatic heterocycles. The summed E-state index contributed by atoms with van der Waals surface area (Å²) in [4.78, 5) is 21.0. The summed E-state index contributed by atoms with van der Waals surface area (Å²) in [5, 5.41) is 23.5. The summed E-state index contributed by atoms with van der Waals surface area (Å²) in [6.07, 6.45) is 1.34. The van der Waals surface area contributed by atoms with Crippen LogP contribution in [0.4, 0.5) is 11.4 Å². The van der Waals surface area contributed by atoms with Gasteiger partial charge in [0, 0.05) is 6.07 Å². The highest BCUT2D eigenvalue weighted by atomic mass is 16.6. The van der Waals surface area contributed by atoms with Gasteiger partial charge in [0.15, 0.2) is 0 Å². The summed E-state index contributed by atoms with van der Waals surface area (Å²) >= 11 is 0. The zero-order valence-electron chi connectivity index (χ0n) is 10.8. The standard InChI is InChI=1S/C14H11N3O4/c18-14(19)10-5-7-12(8-6-10)16-15-9-11-3-1-2-4-13(11)17(20)21/h1-9,16H,(H,18,19)/b15-9+. The van der Waals surface area contributed by atoms with E-state index in [0.717, 1.165) is 0 Å². The second-order valence-corrected chi connectivity index (χ2v) is 4.07. The number of hydrogen-bond acceptors (Lipinski definition) is 5. The van der Waals surface area contributed by atoms with Gasteiger partial charge in [0.2, 0.25) is 0 Å². The molecule has 0 aliphatic rings. The molecular formula is C14H11N3O4. The zero-order valence-corrected chi connectivity index (χ0v) is 10.8. The summed E-state index contributed by atoms with van der Waals surface area (Å²) in [6, 6.07) is 12.2. The van der Waals surface area contributed by atoms with E-state index in [2.05, 4.69) is 10.5 Å². The second kappa shape index (κ2) is 6.29. The number of benzene rings is 2. The molecule has 0 atom stereocenters. The maximum atomic E-state index is 10.8. The number of para-hydroxylation sites is 1. The van der Waals surface area contributed by atoms with E-state index in [1.807, 2.05) is 0 Å². The summed E-state index contributed by atoms with van der Waals surface area (Å²) in [6.45, 7) is 0. The third kappa shape index (κ3) is 3.63. The van der Waals surface area contributed by atoms with Crippen LogP contribution >= 0.6 is 0 Å². The summed E-state index contributed by atoms with van der Waals surface area (Å²) in [7, 11) is 0. The fourth-order valence-electron chi connectivity index (χ4n) is 1.63. The maximum absolute atomic E-state index is 10.8. The van der Waals surface area contributed by atoms with E-state index in [-0.39, 0.29) is 11.3 Å². The average molecular weight is 285 g/mol. The molecule has 0 saturated heterocycles. The minimum Gasteiger partial charge on any atom is -0.478 e. The normalized spacial score (nSPS) is 10.5. The third-order valence-electron chi connectivity index (χ3n) is 2.66. The number of nitro groups is 1. The Bertz CT molecular complexity index is 696. The number of carboxylic acids is 1. The lowest BCUT2D eigenvalue weighted by atomic mass is 10.2. The van der Waals surface area contributed by atoms with Crippen molar-refractivity contribution >= 4 is 23.6 Å². The molecule has 0 unspecified atom stereocenters. The quantitative estimate of drug-likeness (QED) is 0.499. The molecular weight excluding hydrogens is 274 g/mol. The minimum atomic E-state index is -1.01. The number of anilines is 1. The van der Waals surface area contributed by atoms with Crippen molar-refractivity contribution in [1.29, 1.82) is 0 Å². The Morgan fingerprint density at radius 2 is 1.86 bits per heavy atom. The fourth-order valence-corrected chi connectivity index (χ4v) is 1.63. The molecule has 2 N–H and O–H groups in total. The van der Waals surface area contributed by atoms with Crippen molar-refractivity contribution in [2.75, 3.05) is 5.43 Å². The number of nitrogens with one attached hydrogen (secondary N) is 1. The van der Waals surface area contributed by atoms with Gasteiger partial charge in [-0.2, -0.15) is 5.10 Å². The highest BCUT2D eigenvalue weighted by Crippen LogP contribution is 2.15. The summed E-state index contributed by atoms with van der Waals surface area (Å²) in [5.41, 5.74) is 3.76. The highest BCUT2D eigenvalue weighted by molar-refractivity contribution is 5.88. The van der Waals surface area contributed by atoms with Crippen molar-refractivity contribution in [3.63, 3.8) is 0 Å². The molecule has 0 spiro atoms. The number of carboxylic acid groups (broad SMARTS) is 1. The van der Waals surface area contributed by atoms with Crippen molar-refractivity contribution in [2.24, 2.45) is 5.10 Å². The van der Waals surface area contributed by atoms with Crippen molar-refractivity contribution in [3.8, 4) is 0 Å². The molecule has 21 heavy (non-hydrogen) atoms. The van der Waals surface area contributed by atoms with Gasteiger partial charge in [-0.15, -0.1) is 0 Å². The van der Waals surface area contributed by atoms with Gasteiger partial charge in [0.25, 0.3) is 5.69 Å². The van der Waals surface area contributed by atoms with Crippen LogP contribution in [0.2, 0.25) is 0 Å². The first-order valence-electron chi connectivity index (χ1n) is 5.94. The Hall–Kier alpha value is -3.22. The van der Waals surface area contributed by atoms with Crippen LogP contribution in [-0.4, -0.2) is 22.2 Å². The number of carbonyl (C=O) groups is 1. The Morgan fingerprint density at radius 3 is 2.48 bits per heavy atom. The number of hydrazone groups is 1. The first-order chi connectivity index (χ1) is 10.1. The number of aromatic carboxylic acids is 1. The van der Waals surface area contributed by atoms with Gasteiger partial charge >= 0.3 is 5.97 Å². The van der Waals surface area contributed by atoms with E-state index in [9.17, 15) is 14.9 Å². The summed E-state index contributed by atoms with van der Waals surface area (Å²) < 4.78 is 0. The van der Waals surface area contributed by atoms with E-state index in [1.54, 1.807) is 30.3 Å². The van der Waals surface area contributed by atoms with Crippen molar-refractivity contribution < 1.29 is 14.8 Å². The number of nitrogens with zero attached hydrogens (tertiary/aromatic N) is 2. The van der Waals surface area contributed by atoms with Crippen LogP contribution in [0.15, 0.2) is 53.6 Å². The van der Waals surface area contributed by atoms with Gasteiger partial charge in [-0.05, 0) is 30.3 Å². The first kappa shape index (κ1) is 14.2. The molecule has 2 aromatic carbocycles. The topological polar surface area (TPSA) is 105 Å². The lowest BCUT2D eigenvalue weighted by molar-refractivity contribution is -0.385. The Morgan fingerprint density at radius 1 is 1.19 bits per heavy atom. The second-order valence-electron chi connectivity index (χ2n) is 4.07. The van der Waals surface area contributed by atoms with Gasteiger partial charge in [0.1, 0.15) is 0 Å². The van der Waals surface area contributed by atoms with Crippen LogP contribution in [0, 0.1) is 10.1 Å². The Balaban J connectivity index is 2.09.